The molecule has 2 aliphatic heterocycles. The fourth-order valence-corrected chi connectivity index (χ4v) is 4.41. The highest BCUT2D eigenvalue weighted by Crippen LogP contribution is 2.39. The molecule has 8 heteroatoms. The van der Waals surface area contributed by atoms with E-state index in [-0.39, 0.29) is 11.3 Å². The van der Waals surface area contributed by atoms with Crippen molar-refractivity contribution in [3.05, 3.63) is 65.5 Å². The SMILES string of the molecule is CC(C)COc1ccc(/C(O)=C2\C(=O)C(=O)N(CCCN3CCOCC3)[C@@H]2c2cccnc2)cc1. The maximum atomic E-state index is 13.1. The number of aliphatic hydroxyl groups is 1. The quantitative estimate of drug-likeness (QED) is 0.335. The number of Topliss-reactive ketones (excluding diaryl/α,β-unsaturated/α-hetero) is 1. The molecule has 0 aliphatic carbocycles. The zero-order valence-corrected chi connectivity index (χ0v) is 20.4. The van der Waals surface area contributed by atoms with E-state index < -0.39 is 17.7 Å². The van der Waals surface area contributed by atoms with Crippen LogP contribution in [-0.2, 0) is 14.3 Å². The second kappa shape index (κ2) is 11.5. The third kappa shape index (κ3) is 5.89. The summed E-state index contributed by atoms with van der Waals surface area (Å²) in [5, 5.41) is 11.2. The molecule has 0 saturated carbocycles. The largest absolute Gasteiger partial charge is 0.507 e. The van der Waals surface area contributed by atoms with Crippen LogP contribution in [0.25, 0.3) is 5.76 Å². The molecule has 0 unspecified atom stereocenters. The lowest BCUT2D eigenvalue weighted by Crippen LogP contribution is -2.39. The highest BCUT2D eigenvalue weighted by atomic mass is 16.5. The standard InChI is InChI=1S/C27H33N3O5/c1-19(2)18-35-22-8-6-20(7-9-22)25(31)23-24(21-5-3-10-28-17-21)30(27(33)26(23)32)12-4-11-29-13-15-34-16-14-29/h3,5-10,17,19,24,31H,4,11-16,18H2,1-2H3/b25-23+/t24-/m1/s1. The maximum Gasteiger partial charge on any atom is 0.295 e. The van der Waals surface area contributed by atoms with Gasteiger partial charge in [-0.15, -0.1) is 0 Å². The van der Waals surface area contributed by atoms with Gasteiger partial charge in [0.2, 0.25) is 0 Å². The lowest BCUT2D eigenvalue weighted by atomic mass is 9.96. The Morgan fingerprint density at radius 2 is 1.89 bits per heavy atom. The number of morpholine rings is 1. The van der Waals surface area contributed by atoms with E-state index in [2.05, 4.69) is 23.7 Å². The predicted octanol–water partition coefficient (Wildman–Crippen LogP) is 3.26. The molecule has 2 saturated heterocycles. The number of hydrogen-bond donors (Lipinski definition) is 1. The van der Waals surface area contributed by atoms with Gasteiger partial charge in [-0.1, -0.05) is 19.9 Å². The lowest BCUT2D eigenvalue weighted by molar-refractivity contribution is -0.140. The summed E-state index contributed by atoms with van der Waals surface area (Å²) in [5.41, 5.74) is 1.24. The molecule has 2 aromatic rings. The third-order valence-electron chi connectivity index (χ3n) is 6.23. The normalized spacial score (nSPS) is 20.5. The van der Waals surface area contributed by atoms with Crippen LogP contribution in [0.4, 0.5) is 0 Å². The fourth-order valence-electron chi connectivity index (χ4n) is 4.41. The Morgan fingerprint density at radius 3 is 2.54 bits per heavy atom. The van der Waals surface area contributed by atoms with Crippen molar-refractivity contribution in [3.8, 4) is 5.75 Å². The first kappa shape index (κ1) is 24.9. The summed E-state index contributed by atoms with van der Waals surface area (Å²) in [7, 11) is 0. The summed E-state index contributed by atoms with van der Waals surface area (Å²) < 4.78 is 11.1. The van der Waals surface area contributed by atoms with Crippen LogP contribution in [-0.4, -0.2) is 77.6 Å². The van der Waals surface area contributed by atoms with Crippen molar-refractivity contribution in [2.45, 2.75) is 26.3 Å². The number of ether oxygens (including phenoxy) is 2. The molecular formula is C27H33N3O5. The van der Waals surface area contributed by atoms with Crippen molar-refractivity contribution >= 4 is 17.4 Å². The smallest absolute Gasteiger partial charge is 0.295 e. The van der Waals surface area contributed by atoms with Crippen molar-refractivity contribution in [1.29, 1.82) is 0 Å². The average molecular weight is 480 g/mol. The molecule has 0 radical (unpaired) electrons. The van der Waals surface area contributed by atoms with Gasteiger partial charge in [0.15, 0.2) is 0 Å². The summed E-state index contributed by atoms with van der Waals surface area (Å²) in [5.74, 6) is -0.394. The molecule has 1 N–H and O–H groups in total. The van der Waals surface area contributed by atoms with Crippen LogP contribution < -0.4 is 4.74 Å². The minimum Gasteiger partial charge on any atom is -0.507 e. The summed E-state index contributed by atoms with van der Waals surface area (Å²) in [6, 6.07) is 9.84. The zero-order chi connectivity index (χ0) is 24.8. The molecule has 8 nitrogen and oxygen atoms in total. The Kier molecular flexibility index (Phi) is 8.15. The van der Waals surface area contributed by atoms with E-state index >= 15 is 0 Å². The average Bonchev–Trinajstić information content (AvgIpc) is 3.13. The Bertz CT molecular complexity index is 1050. The van der Waals surface area contributed by atoms with Gasteiger partial charge in [-0.2, -0.15) is 0 Å². The van der Waals surface area contributed by atoms with Crippen LogP contribution >= 0.6 is 0 Å². The van der Waals surface area contributed by atoms with Gasteiger partial charge in [-0.3, -0.25) is 19.5 Å². The van der Waals surface area contributed by atoms with E-state index in [1.807, 2.05) is 6.07 Å². The topological polar surface area (TPSA) is 92.2 Å². The lowest BCUT2D eigenvalue weighted by Gasteiger charge is -2.29. The van der Waals surface area contributed by atoms with E-state index in [1.54, 1.807) is 47.6 Å². The molecule has 1 atom stereocenters. The maximum absolute atomic E-state index is 13.1. The molecule has 1 amide bonds. The van der Waals surface area contributed by atoms with Crippen LogP contribution in [0, 0.1) is 5.92 Å². The van der Waals surface area contributed by atoms with Gasteiger partial charge in [-0.05, 0) is 48.2 Å². The van der Waals surface area contributed by atoms with Crippen molar-refractivity contribution in [1.82, 2.24) is 14.8 Å². The highest BCUT2D eigenvalue weighted by Gasteiger charge is 2.45. The predicted molar refractivity (Wildman–Crippen MR) is 132 cm³/mol. The first-order valence-electron chi connectivity index (χ1n) is 12.2. The fraction of sp³-hybridized carbons (Fsp3) is 0.444. The Balaban J connectivity index is 1.59. The van der Waals surface area contributed by atoms with Crippen molar-refractivity contribution in [2.24, 2.45) is 5.92 Å². The number of pyridine rings is 1. The third-order valence-corrected chi connectivity index (χ3v) is 6.23. The molecule has 1 aromatic heterocycles. The van der Waals surface area contributed by atoms with Crippen LogP contribution in [0.2, 0.25) is 0 Å². The van der Waals surface area contributed by atoms with Crippen LogP contribution in [0.1, 0.15) is 37.4 Å². The van der Waals surface area contributed by atoms with E-state index in [0.29, 0.717) is 55.6 Å². The molecular weight excluding hydrogens is 446 g/mol. The van der Waals surface area contributed by atoms with E-state index in [4.69, 9.17) is 9.47 Å². The second-order valence-corrected chi connectivity index (χ2v) is 9.32. The number of hydrogen-bond acceptors (Lipinski definition) is 7. The molecule has 4 rings (SSSR count). The van der Waals surface area contributed by atoms with E-state index in [0.717, 1.165) is 19.6 Å². The molecule has 2 aliphatic rings. The van der Waals surface area contributed by atoms with E-state index in [9.17, 15) is 14.7 Å². The van der Waals surface area contributed by atoms with Gasteiger partial charge in [0.1, 0.15) is 11.5 Å². The van der Waals surface area contributed by atoms with Crippen molar-refractivity contribution < 1.29 is 24.2 Å². The first-order valence-corrected chi connectivity index (χ1v) is 12.2. The van der Waals surface area contributed by atoms with Crippen LogP contribution in [0.3, 0.4) is 0 Å². The number of carbonyl (C=O) groups excluding carboxylic acids is 2. The number of ketones is 1. The summed E-state index contributed by atoms with van der Waals surface area (Å²) in [6.45, 7) is 9.08. The molecule has 1 aromatic carbocycles. The number of rotatable bonds is 9. The van der Waals surface area contributed by atoms with Gasteiger partial charge in [0.05, 0.1) is 31.4 Å². The number of nitrogens with zero attached hydrogens (tertiary/aromatic N) is 3. The molecule has 0 bridgehead atoms. The number of aliphatic hydroxyl groups excluding tert-OH is 1. The molecule has 186 valence electrons. The molecule has 0 spiro atoms. The minimum atomic E-state index is -0.690. The summed E-state index contributed by atoms with van der Waals surface area (Å²) >= 11 is 0. The Morgan fingerprint density at radius 1 is 1.14 bits per heavy atom. The van der Waals surface area contributed by atoms with Gasteiger partial charge >= 0.3 is 0 Å². The molecule has 2 fully saturated rings. The summed E-state index contributed by atoms with van der Waals surface area (Å²) in [4.78, 5) is 34.3. The number of benzene rings is 1. The molecule has 35 heavy (non-hydrogen) atoms. The number of aromatic nitrogens is 1. The molecule has 3 heterocycles. The van der Waals surface area contributed by atoms with Gasteiger partial charge in [0, 0.05) is 44.1 Å². The van der Waals surface area contributed by atoms with Crippen LogP contribution in [0.15, 0.2) is 54.4 Å². The Labute approximate surface area is 206 Å². The number of carbonyl (C=O) groups is 2. The minimum absolute atomic E-state index is 0.0882. The highest BCUT2D eigenvalue weighted by molar-refractivity contribution is 6.46. The summed E-state index contributed by atoms with van der Waals surface area (Å²) in [6.07, 6.45) is 4.00. The van der Waals surface area contributed by atoms with Crippen molar-refractivity contribution in [2.75, 3.05) is 46.0 Å². The Hall–Kier alpha value is -3.23. The zero-order valence-electron chi connectivity index (χ0n) is 20.4. The number of amides is 1. The van der Waals surface area contributed by atoms with Gasteiger partial charge in [0.25, 0.3) is 11.7 Å². The van der Waals surface area contributed by atoms with Gasteiger partial charge < -0.3 is 19.5 Å². The number of likely N-dealkylation sites (tertiary alicyclic amines) is 1. The van der Waals surface area contributed by atoms with Crippen molar-refractivity contribution in [3.63, 3.8) is 0 Å². The first-order chi connectivity index (χ1) is 17.0. The van der Waals surface area contributed by atoms with Crippen LogP contribution in [0.5, 0.6) is 5.75 Å². The second-order valence-electron chi connectivity index (χ2n) is 9.32. The monoisotopic (exact) mass is 479 g/mol. The van der Waals surface area contributed by atoms with E-state index in [1.165, 1.54) is 0 Å². The van der Waals surface area contributed by atoms with Gasteiger partial charge in [-0.25, -0.2) is 0 Å².